The standard InChI is InChI=1S/C23H25N3OS/c1-17-21(28-23(25-17)20-7-3-2-4-8-20)22(27)24-15-18-9-11-19(12-10-18)16-26-13-5-6-14-26/h2-4,7-12H,5-6,13-16H2,1H3,(H,24,27). The summed E-state index contributed by atoms with van der Waals surface area (Å²) in [5.74, 6) is -0.0571. The number of hydrogen-bond acceptors (Lipinski definition) is 4. The highest BCUT2D eigenvalue weighted by molar-refractivity contribution is 7.17. The van der Waals surface area contributed by atoms with Crippen molar-refractivity contribution in [3.63, 3.8) is 0 Å². The Morgan fingerprint density at radius 1 is 1.04 bits per heavy atom. The van der Waals surface area contributed by atoms with E-state index in [1.807, 2.05) is 37.3 Å². The van der Waals surface area contributed by atoms with Crippen LogP contribution in [0.1, 0.15) is 39.3 Å². The lowest BCUT2D eigenvalue weighted by atomic mass is 10.1. The molecule has 5 heteroatoms. The van der Waals surface area contributed by atoms with Crippen molar-refractivity contribution in [3.05, 3.63) is 76.3 Å². The van der Waals surface area contributed by atoms with Crippen molar-refractivity contribution in [2.75, 3.05) is 13.1 Å². The van der Waals surface area contributed by atoms with Gasteiger partial charge < -0.3 is 5.32 Å². The number of benzene rings is 2. The van der Waals surface area contributed by atoms with Gasteiger partial charge in [0, 0.05) is 18.7 Å². The van der Waals surface area contributed by atoms with Crippen molar-refractivity contribution in [1.82, 2.24) is 15.2 Å². The van der Waals surface area contributed by atoms with Crippen molar-refractivity contribution in [3.8, 4) is 10.6 Å². The Bertz CT molecular complexity index is 928. The number of rotatable bonds is 6. The molecule has 28 heavy (non-hydrogen) atoms. The summed E-state index contributed by atoms with van der Waals surface area (Å²) in [7, 11) is 0. The highest BCUT2D eigenvalue weighted by atomic mass is 32.1. The third-order valence-electron chi connectivity index (χ3n) is 5.10. The Morgan fingerprint density at radius 2 is 1.71 bits per heavy atom. The van der Waals surface area contributed by atoms with Crippen LogP contribution in [-0.4, -0.2) is 28.9 Å². The summed E-state index contributed by atoms with van der Waals surface area (Å²) in [4.78, 5) is 20.4. The average Bonchev–Trinajstić information content (AvgIpc) is 3.37. The Balaban J connectivity index is 1.36. The molecule has 0 spiro atoms. The van der Waals surface area contributed by atoms with Gasteiger partial charge in [-0.25, -0.2) is 4.98 Å². The minimum Gasteiger partial charge on any atom is -0.347 e. The second kappa shape index (κ2) is 8.67. The molecular weight excluding hydrogens is 366 g/mol. The van der Waals surface area contributed by atoms with E-state index >= 15 is 0 Å². The molecule has 4 rings (SSSR count). The Morgan fingerprint density at radius 3 is 2.43 bits per heavy atom. The van der Waals surface area contributed by atoms with E-state index in [9.17, 15) is 4.79 Å². The molecule has 0 saturated carbocycles. The van der Waals surface area contributed by atoms with Gasteiger partial charge in [-0.2, -0.15) is 0 Å². The van der Waals surface area contributed by atoms with Gasteiger partial charge in [-0.3, -0.25) is 9.69 Å². The van der Waals surface area contributed by atoms with Crippen LogP contribution >= 0.6 is 11.3 Å². The quantitative estimate of drug-likeness (QED) is 0.666. The molecule has 0 unspecified atom stereocenters. The minimum absolute atomic E-state index is 0.0571. The van der Waals surface area contributed by atoms with Crippen LogP contribution < -0.4 is 5.32 Å². The van der Waals surface area contributed by atoms with Crippen molar-refractivity contribution < 1.29 is 4.79 Å². The molecule has 2 aromatic carbocycles. The zero-order valence-corrected chi connectivity index (χ0v) is 17.0. The summed E-state index contributed by atoms with van der Waals surface area (Å²) >= 11 is 1.45. The maximum Gasteiger partial charge on any atom is 0.263 e. The van der Waals surface area contributed by atoms with Crippen LogP contribution in [0.5, 0.6) is 0 Å². The second-order valence-corrected chi connectivity index (χ2v) is 8.28. The normalized spacial score (nSPS) is 14.3. The topological polar surface area (TPSA) is 45.2 Å². The molecule has 0 atom stereocenters. The van der Waals surface area contributed by atoms with E-state index in [1.54, 1.807) is 0 Å². The van der Waals surface area contributed by atoms with Crippen molar-refractivity contribution in [1.29, 1.82) is 0 Å². The first-order chi connectivity index (χ1) is 13.7. The number of nitrogens with one attached hydrogen (secondary N) is 1. The summed E-state index contributed by atoms with van der Waals surface area (Å²) in [6.07, 6.45) is 2.63. The fraction of sp³-hybridized carbons (Fsp3) is 0.304. The number of carbonyl (C=O) groups excluding carboxylic acids is 1. The van der Waals surface area contributed by atoms with Gasteiger partial charge in [-0.1, -0.05) is 54.6 Å². The predicted octanol–water partition coefficient (Wildman–Crippen LogP) is 4.64. The van der Waals surface area contributed by atoms with Gasteiger partial charge in [-0.15, -0.1) is 11.3 Å². The van der Waals surface area contributed by atoms with E-state index in [1.165, 1.54) is 42.8 Å². The molecule has 1 saturated heterocycles. The van der Waals surface area contributed by atoms with Crippen molar-refractivity contribution in [2.45, 2.75) is 32.9 Å². The third kappa shape index (κ3) is 4.49. The summed E-state index contributed by atoms with van der Waals surface area (Å²) in [5, 5.41) is 3.92. The largest absolute Gasteiger partial charge is 0.347 e. The Kier molecular flexibility index (Phi) is 5.84. The first-order valence-corrected chi connectivity index (χ1v) is 10.6. The lowest BCUT2D eigenvalue weighted by Crippen LogP contribution is -2.22. The molecule has 0 radical (unpaired) electrons. The number of carbonyl (C=O) groups is 1. The van der Waals surface area contributed by atoms with Gasteiger partial charge in [0.25, 0.3) is 5.91 Å². The number of aryl methyl sites for hydroxylation is 1. The molecule has 3 aromatic rings. The number of nitrogens with zero attached hydrogens (tertiary/aromatic N) is 2. The van der Waals surface area contributed by atoms with Crippen LogP contribution in [-0.2, 0) is 13.1 Å². The monoisotopic (exact) mass is 391 g/mol. The lowest BCUT2D eigenvalue weighted by Gasteiger charge is -2.14. The molecular formula is C23H25N3OS. The molecule has 1 N–H and O–H groups in total. The van der Waals surface area contributed by atoms with E-state index in [0.29, 0.717) is 11.4 Å². The van der Waals surface area contributed by atoms with Gasteiger partial charge in [0.05, 0.1) is 5.69 Å². The molecule has 0 aliphatic carbocycles. The van der Waals surface area contributed by atoms with E-state index in [-0.39, 0.29) is 5.91 Å². The fourth-order valence-corrected chi connectivity index (χ4v) is 4.52. The van der Waals surface area contributed by atoms with Crippen LogP contribution in [0.15, 0.2) is 54.6 Å². The van der Waals surface area contributed by atoms with Gasteiger partial charge in [0.2, 0.25) is 0 Å². The van der Waals surface area contributed by atoms with Crippen LogP contribution in [0.2, 0.25) is 0 Å². The highest BCUT2D eigenvalue weighted by Gasteiger charge is 2.16. The second-order valence-electron chi connectivity index (χ2n) is 7.28. The predicted molar refractivity (Wildman–Crippen MR) is 114 cm³/mol. The van der Waals surface area contributed by atoms with Crippen molar-refractivity contribution >= 4 is 17.2 Å². The number of hydrogen-bond donors (Lipinski definition) is 1. The Hall–Kier alpha value is -2.50. The van der Waals surface area contributed by atoms with Gasteiger partial charge >= 0.3 is 0 Å². The Labute approximate surface area is 170 Å². The number of aromatic nitrogens is 1. The van der Waals surface area contributed by atoms with Gasteiger partial charge in [0.15, 0.2) is 0 Å². The van der Waals surface area contributed by atoms with Crippen LogP contribution in [0.25, 0.3) is 10.6 Å². The van der Waals surface area contributed by atoms with Gasteiger partial charge in [-0.05, 0) is 44.0 Å². The number of likely N-dealkylation sites (tertiary alicyclic amines) is 1. The van der Waals surface area contributed by atoms with E-state index in [2.05, 4.69) is 39.5 Å². The molecule has 4 nitrogen and oxygen atoms in total. The van der Waals surface area contributed by atoms with E-state index < -0.39 is 0 Å². The number of amides is 1. The van der Waals surface area contributed by atoms with Crippen LogP contribution in [0.3, 0.4) is 0 Å². The highest BCUT2D eigenvalue weighted by Crippen LogP contribution is 2.27. The molecule has 1 fully saturated rings. The molecule has 144 valence electrons. The zero-order valence-electron chi connectivity index (χ0n) is 16.1. The minimum atomic E-state index is -0.0571. The molecule has 0 bridgehead atoms. The van der Waals surface area contributed by atoms with Gasteiger partial charge in [0.1, 0.15) is 9.88 Å². The molecule has 2 heterocycles. The molecule has 1 aliphatic rings. The molecule has 1 aliphatic heterocycles. The fourth-order valence-electron chi connectivity index (χ4n) is 3.54. The van der Waals surface area contributed by atoms with E-state index in [4.69, 9.17) is 0 Å². The van der Waals surface area contributed by atoms with E-state index in [0.717, 1.165) is 28.4 Å². The third-order valence-corrected chi connectivity index (χ3v) is 6.31. The molecule has 1 aromatic heterocycles. The summed E-state index contributed by atoms with van der Waals surface area (Å²) in [5.41, 5.74) is 4.28. The van der Waals surface area contributed by atoms with Crippen molar-refractivity contribution in [2.24, 2.45) is 0 Å². The first kappa shape index (κ1) is 18.8. The average molecular weight is 392 g/mol. The zero-order chi connectivity index (χ0) is 19.3. The van der Waals surface area contributed by atoms with Crippen LogP contribution in [0.4, 0.5) is 0 Å². The maximum atomic E-state index is 12.6. The molecule has 1 amide bonds. The summed E-state index contributed by atoms with van der Waals surface area (Å²) in [6.45, 7) is 5.86. The maximum absolute atomic E-state index is 12.6. The summed E-state index contributed by atoms with van der Waals surface area (Å²) < 4.78 is 0. The summed E-state index contributed by atoms with van der Waals surface area (Å²) in [6, 6.07) is 18.6. The first-order valence-electron chi connectivity index (χ1n) is 9.80. The smallest absolute Gasteiger partial charge is 0.263 e. The van der Waals surface area contributed by atoms with Crippen LogP contribution in [0, 0.1) is 6.92 Å². The lowest BCUT2D eigenvalue weighted by molar-refractivity contribution is 0.0954. The number of thiazole rings is 1. The SMILES string of the molecule is Cc1nc(-c2ccccc2)sc1C(=O)NCc1ccc(CN2CCCC2)cc1.